The normalized spacial score (nSPS) is 10.4. The Morgan fingerprint density at radius 2 is 2.28 bits per heavy atom. The Kier molecular flexibility index (Phi) is 3.31. The van der Waals surface area contributed by atoms with Gasteiger partial charge in [-0.25, -0.2) is 0 Å². The van der Waals surface area contributed by atoms with Crippen molar-refractivity contribution in [3.05, 3.63) is 23.2 Å². The van der Waals surface area contributed by atoms with Crippen molar-refractivity contribution in [2.24, 2.45) is 0 Å². The van der Waals surface area contributed by atoms with Gasteiger partial charge in [0, 0.05) is 6.07 Å². The number of carbonyl (C=O) groups is 1. The van der Waals surface area contributed by atoms with Gasteiger partial charge in [-0.05, 0) is 25.9 Å². The lowest BCUT2D eigenvalue weighted by Gasteiger charge is -2.05. The number of aromatic amines is 1. The number of aryl methyl sites for hydroxylation is 3. The quantitative estimate of drug-likeness (QED) is 0.854. The average molecular weight is 250 g/mol. The van der Waals surface area contributed by atoms with Gasteiger partial charge in [0.2, 0.25) is 0 Å². The van der Waals surface area contributed by atoms with Crippen molar-refractivity contribution in [1.82, 2.24) is 15.4 Å². The second-order valence-corrected chi connectivity index (χ2v) is 3.92. The zero-order valence-electron chi connectivity index (χ0n) is 10.4. The maximum atomic E-state index is 11.7. The summed E-state index contributed by atoms with van der Waals surface area (Å²) in [6.45, 7) is 5.26. The number of hydrogen-bond donors (Lipinski definition) is 2. The minimum atomic E-state index is -0.275. The van der Waals surface area contributed by atoms with E-state index >= 15 is 0 Å². The lowest BCUT2D eigenvalue weighted by Crippen LogP contribution is -2.20. The van der Waals surface area contributed by atoms with Gasteiger partial charge in [0.15, 0.2) is 6.61 Å². The summed E-state index contributed by atoms with van der Waals surface area (Å²) in [5.41, 5.74) is 2.22. The summed E-state index contributed by atoms with van der Waals surface area (Å²) in [5.74, 6) is 0.651. The predicted molar refractivity (Wildman–Crippen MR) is 63.4 cm³/mol. The van der Waals surface area contributed by atoms with E-state index in [1.165, 1.54) is 0 Å². The van der Waals surface area contributed by atoms with Crippen LogP contribution in [-0.4, -0.2) is 27.9 Å². The molecule has 1 amide bonds. The molecule has 18 heavy (non-hydrogen) atoms. The van der Waals surface area contributed by atoms with Crippen molar-refractivity contribution < 1.29 is 14.1 Å². The van der Waals surface area contributed by atoms with E-state index in [2.05, 4.69) is 20.7 Å². The van der Waals surface area contributed by atoms with E-state index in [9.17, 15) is 4.79 Å². The molecule has 0 aliphatic carbocycles. The van der Waals surface area contributed by atoms with Gasteiger partial charge < -0.3 is 14.6 Å². The summed E-state index contributed by atoms with van der Waals surface area (Å²) in [5, 5.41) is 13.1. The van der Waals surface area contributed by atoms with Crippen LogP contribution in [0.5, 0.6) is 5.88 Å². The Morgan fingerprint density at radius 1 is 1.50 bits per heavy atom. The molecular formula is C11H14N4O3. The molecule has 2 heterocycles. The second kappa shape index (κ2) is 4.91. The summed E-state index contributed by atoms with van der Waals surface area (Å²) < 4.78 is 9.99. The maximum absolute atomic E-state index is 11.7. The second-order valence-electron chi connectivity index (χ2n) is 3.92. The van der Waals surface area contributed by atoms with Crippen molar-refractivity contribution in [2.45, 2.75) is 20.8 Å². The fraction of sp³-hybridized carbons (Fsp3) is 0.364. The molecule has 2 rings (SSSR count). The van der Waals surface area contributed by atoms with Crippen molar-refractivity contribution in [1.29, 1.82) is 0 Å². The predicted octanol–water partition coefficient (Wildman–Crippen LogP) is 1.34. The zero-order chi connectivity index (χ0) is 13.1. The standard InChI is InChI=1S/C11H14N4O3/c1-6-4-10(15-18-6)17-5-9(16)12-11-7(2)13-14-8(11)3/h4H,5H2,1-3H3,(H,12,16)(H,13,14). The van der Waals surface area contributed by atoms with Gasteiger partial charge in [-0.3, -0.25) is 9.89 Å². The van der Waals surface area contributed by atoms with Crippen LogP contribution in [0.1, 0.15) is 17.1 Å². The summed E-state index contributed by atoms with van der Waals surface area (Å²) in [6.07, 6.45) is 0. The SMILES string of the molecule is Cc1cc(OCC(=O)Nc2c(C)n[nH]c2C)no1. The number of aromatic nitrogens is 3. The van der Waals surface area contributed by atoms with Crippen LogP contribution in [0.2, 0.25) is 0 Å². The average Bonchev–Trinajstić information content (AvgIpc) is 2.87. The Balaban J connectivity index is 1.89. The molecule has 96 valence electrons. The molecule has 0 atom stereocenters. The van der Waals surface area contributed by atoms with E-state index in [0.29, 0.717) is 17.3 Å². The molecule has 0 aliphatic rings. The summed E-state index contributed by atoms with van der Waals surface area (Å²) in [6, 6.07) is 1.61. The minimum Gasteiger partial charge on any atom is -0.465 e. The first-order valence-electron chi connectivity index (χ1n) is 5.44. The highest BCUT2D eigenvalue weighted by Crippen LogP contribution is 2.16. The third-order valence-electron chi connectivity index (χ3n) is 2.35. The van der Waals surface area contributed by atoms with E-state index in [0.717, 1.165) is 11.4 Å². The number of nitrogens with one attached hydrogen (secondary N) is 2. The van der Waals surface area contributed by atoms with Crippen LogP contribution in [0.25, 0.3) is 0 Å². The molecule has 0 radical (unpaired) electrons. The van der Waals surface area contributed by atoms with Crippen LogP contribution in [0, 0.1) is 20.8 Å². The highest BCUT2D eigenvalue weighted by Gasteiger charge is 2.11. The molecule has 2 aromatic heterocycles. The Hall–Kier alpha value is -2.31. The number of ether oxygens (including phenoxy) is 1. The Labute approximate surface area is 104 Å². The fourth-order valence-electron chi connectivity index (χ4n) is 1.46. The molecule has 2 aromatic rings. The summed E-state index contributed by atoms with van der Waals surface area (Å²) >= 11 is 0. The van der Waals surface area contributed by atoms with Gasteiger partial charge in [-0.15, -0.1) is 0 Å². The number of amides is 1. The van der Waals surface area contributed by atoms with E-state index < -0.39 is 0 Å². The number of anilines is 1. The van der Waals surface area contributed by atoms with Crippen LogP contribution in [0.4, 0.5) is 5.69 Å². The number of carbonyl (C=O) groups excluding carboxylic acids is 1. The molecule has 2 N–H and O–H groups in total. The largest absolute Gasteiger partial charge is 0.465 e. The Bertz CT molecular complexity index is 539. The molecule has 0 spiro atoms. The van der Waals surface area contributed by atoms with Crippen LogP contribution < -0.4 is 10.1 Å². The third-order valence-corrected chi connectivity index (χ3v) is 2.35. The summed E-state index contributed by atoms with van der Waals surface area (Å²) in [4.78, 5) is 11.7. The van der Waals surface area contributed by atoms with Gasteiger partial charge >= 0.3 is 0 Å². The first-order valence-corrected chi connectivity index (χ1v) is 5.44. The number of rotatable bonds is 4. The molecule has 0 aromatic carbocycles. The van der Waals surface area contributed by atoms with Crippen LogP contribution in [0.3, 0.4) is 0 Å². The van der Waals surface area contributed by atoms with Crippen LogP contribution in [-0.2, 0) is 4.79 Å². The highest BCUT2D eigenvalue weighted by atomic mass is 16.5. The lowest BCUT2D eigenvalue weighted by molar-refractivity contribution is -0.118. The van der Waals surface area contributed by atoms with Crippen LogP contribution in [0.15, 0.2) is 10.6 Å². The van der Waals surface area contributed by atoms with Crippen molar-refractivity contribution >= 4 is 11.6 Å². The number of H-pyrrole nitrogens is 1. The van der Waals surface area contributed by atoms with Gasteiger partial charge in [0.05, 0.1) is 17.1 Å². The first-order chi connectivity index (χ1) is 8.56. The highest BCUT2D eigenvalue weighted by molar-refractivity contribution is 5.92. The molecule has 0 aliphatic heterocycles. The van der Waals surface area contributed by atoms with Crippen molar-refractivity contribution in [2.75, 3.05) is 11.9 Å². The van der Waals surface area contributed by atoms with E-state index in [4.69, 9.17) is 9.26 Å². The minimum absolute atomic E-state index is 0.129. The van der Waals surface area contributed by atoms with Crippen molar-refractivity contribution in [3.63, 3.8) is 0 Å². The Morgan fingerprint density at radius 3 is 2.83 bits per heavy atom. The van der Waals surface area contributed by atoms with Gasteiger partial charge in [-0.1, -0.05) is 0 Å². The van der Waals surface area contributed by atoms with E-state index in [1.807, 2.05) is 6.92 Å². The van der Waals surface area contributed by atoms with E-state index in [1.54, 1.807) is 19.9 Å². The summed E-state index contributed by atoms with van der Waals surface area (Å²) in [7, 11) is 0. The van der Waals surface area contributed by atoms with Gasteiger partial charge in [0.1, 0.15) is 5.76 Å². The topological polar surface area (TPSA) is 93.0 Å². The molecule has 0 saturated carbocycles. The van der Waals surface area contributed by atoms with Gasteiger partial charge in [-0.2, -0.15) is 5.10 Å². The number of nitrogens with zero attached hydrogens (tertiary/aromatic N) is 2. The molecule has 7 nitrogen and oxygen atoms in total. The monoisotopic (exact) mass is 250 g/mol. The first kappa shape index (κ1) is 12.2. The molecule has 0 fully saturated rings. The van der Waals surface area contributed by atoms with Crippen LogP contribution >= 0.6 is 0 Å². The molecule has 7 heteroatoms. The smallest absolute Gasteiger partial charge is 0.262 e. The lowest BCUT2D eigenvalue weighted by atomic mass is 10.3. The molecule has 0 unspecified atom stereocenters. The zero-order valence-corrected chi connectivity index (χ0v) is 10.4. The maximum Gasteiger partial charge on any atom is 0.262 e. The molecular weight excluding hydrogens is 236 g/mol. The third kappa shape index (κ3) is 2.68. The molecule has 0 bridgehead atoms. The molecule has 0 saturated heterocycles. The fourth-order valence-corrected chi connectivity index (χ4v) is 1.46. The van der Waals surface area contributed by atoms with Gasteiger partial charge in [0.25, 0.3) is 11.8 Å². The van der Waals surface area contributed by atoms with Crippen molar-refractivity contribution in [3.8, 4) is 5.88 Å². The number of hydrogen-bond acceptors (Lipinski definition) is 5. The van der Waals surface area contributed by atoms with E-state index in [-0.39, 0.29) is 12.5 Å².